The van der Waals surface area contributed by atoms with Crippen LogP contribution in [0.15, 0.2) is 24.3 Å². The van der Waals surface area contributed by atoms with Gasteiger partial charge in [-0.15, -0.1) is 0 Å². The predicted octanol–water partition coefficient (Wildman–Crippen LogP) is 2.58. The molecule has 1 N–H and O–H groups in total. The van der Waals surface area contributed by atoms with E-state index < -0.39 is 23.7 Å². The number of hydrogen-bond donors (Lipinski definition) is 1. The Kier molecular flexibility index (Phi) is 7.03. The van der Waals surface area contributed by atoms with Gasteiger partial charge < -0.3 is 19.5 Å². The molecular weight excluding hydrogens is 298 g/mol. The number of esters is 1. The lowest BCUT2D eigenvalue weighted by Crippen LogP contribution is -2.46. The first-order valence-electron chi connectivity index (χ1n) is 7.42. The summed E-state index contributed by atoms with van der Waals surface area (Å²) in [7, 11) is 1.26. The molecule has 6 nitrogen and oxygen atoms in total. The van der Waals surface area contributed by atoms with Crippen LogP contribution in [0.1, 0.15) is 31.9 Å². The van der Waals surface area contributed by atoms with Crippen molar-refractivity contribution in [1.82, 2.24) is 5.32 Å². The summed E-state index contributed by atoms with van der Waals surface area (Å²) in [5.41, 5.74) is 1.50. The Morgan fingerprint density at radius 1 is 1.17 bits per heavy atom. The van der Waals surface area contributed by atoms with Gasteiger partial charge in [-0.3, -0.25) is 0 Å². The number of methoxy groups -OCH3 is 1. The van der Waals surface area contributed by atoms with Crippen LogP contribution in [0.4, 0.5) is 4.79 Å². The summed E-state index contributed by atoms with van der Waals surface area (Å²) < 4.78 is 15.3. The van der Waals surface area contributed by atoms with Gasteiger partial charge in [-0.2, -0.15) is 0 Å². The number of nitrogens with one attached hydrogen (secondary N) is 1. The van der Waals surface area contributed by atoms with Gasteiger partial charge in [-0.05, 0) is 33.3 Å². The summed E-state index contributed by atoms with van der Waals surface area (Å²) in [6.07, 6.45) is -0.688. The summed E-state index contributed by atoms with van der Waals surface area (Å²) in [4.78, 5) is 23.5. The van der Waals surface area contributed by atoms with Crippen molar-refractivity contribution in [3.63, 3.8) is 0 Å². The van der Waals surface area contributed by atoms with Crippen molar-refractivity contribution in [2.24, 2.45) is 0 Å². The SMILES string of the molecule is COC(=O)[C@H](COCc1ccc(C)cc1)NC(=O)OC(C)(C)C. The number of ether oxygens (including phenoxy) is 3. The number of alkyl carbamates (subject to hydrolysis) is 1. The van der Waals surface area contributed by atoms with Crippen LogP contribution in [0.5, 0.6) is 0 Å². The predicted molar refractivity (Wildman–Crippen MR) is 86.0 cm³/mol. The number of amides is 1. The maximum Gasteiger partial charge on any atom is 0.408 e. The molecule has 0 fully saturated rings. The highest BCUT2D eigenvalue weighted by atomic mass is 16.6. The van der Waals surface area contributed by atoms with Gasteiger partial charge in [0.05, 0.1) is 20.3 Å². The van der Waals surface area contributed by atoms with Gasteiger partial charge in [0.25, 0.3) is 0 Å². The maximum atomic E-state index is 11.8. The van der Waals surface area contributed by atoms with E-state index in [9.17, 15) is 9.59 Å². The monoisotopic (exact) mass is 323 g/mol. The molecule has 23 heavy (non-hydrogen) atoms. The second-order valence-corrected chi connectivity index (χ2v) is 6.22. The van der Waals surface area contributed by atoms with Crippen molar-refractivity contribution < 1.29 is 23.8 Å². The lowest BCUT2D eigenvalue weighted by Gasteiger charge is -2.22. The second kappa shape index (κ2) is 8.53. The lowest BCUT2D eigenvalue weighted by molar-refractivity contribution is -0.145. The Labute approximate surface area is 137 Å². The van der Waals surface area contributed by atoms with E-state index in [2.05, 4.69) is 10.1 Å². The first kappa shape index (κ1) is 19.0. The molecule has 1 amide bonds. The third kappa shape index (κ3) is 7.65. The molecule has 0 unspecified atom stereocenters. The highest BCUT2D eigenvalue weighted by Crippen LogP contribution is 2.08. The number of aryl methyl sites for hydroxylation is 1. The van der Waals surface area contributed by atoms with E-state index in [1.165, 1.54) is 7.11 Å². The maximum absolute atomic E-state index is 11.8. The molecule has 1 aromatic carbocycles. The summed E-state index contributed by atoms with van der Waals surface area (Å²) in [6.45, 7) is 7.57. The summed E-state index contributed by atoms with van der Waals surface area (Å²) in [5.74, 6) is -0.584. The van der Waals surface area contributed by atoms with Crippen LogP contribution in [-0.4, -0.2) is 37.4 Å². The van der Waals surface area contributed by atoms with E-state index in [1.54, 1.807) is 20.8 Å². The number of benzene rings is 1. The molecule has 0 aromatic heterocycles. The van der Waals surface area contributed by atoms with Gasteiger partial charge in [0, 0.05) is 0 Å². The van der Waals surface area contributed by atoms with Crippen LogP contribution < -0.4 is 5.32 Å². The Balaban J connectivity index is 2.52. The van der Waals surface area contributed by atoms with Crippen LogP contribution in [0.25, 0.3) is 0 Å². The van der Waals surface area contributed by atoms with Crippen LogP contribution in [0, 0.1) is 6.92 Å². The first-order valence-corrected chi connectivity index (χ1v) is 7.42. The highest BCUT2D eigenvalue weighted by molar-refractivity contribution is 5.81. The zero-order valence-corrected chi connectivity index (χ0v) is 14.3. The topological polar surface area (TPSA) is 73.9 Å². The zero-order chi connectivity index (χ0) is 17.5. The average molecular weight is 323 g/mol. The van der Waals surface area contributed by atoms with E-state index in [1.807, 2.05) is 31.2 Å². The fourth-order valence-corrected chi connectivity index (χ4v) is 1.74. The van der Waals surface area contributed by atoms with Gasteiger partial charge in [0.1, 0.15) is 5.60 Å². The Hall–Kier alpha value is -2.08. The van der Waals surface area contributed by atoms with Crippen molar-refractivity contribution in [3.05, 3.63) is 35.4 Å². The van der Waals surface area contributed by atoms with E-state index in [-0.39, 0.29) is 6.61 Å². The molecule has 0 aliphatic carbocycles. The minimum absolute atomic E-state index is 0.000206. The molecule has 0 aliphatic heterocycles. The van der Waals surface area contributed by atoms with E-state index in [4.69, 9.17) is 9.47 Å². The normalized spacial score (nSPS) is 12.4. The molecular formula is C17H25NO5. The molecule has 0 saturated carbocycles. The van der Waals surface area contributed by atoms with Gasteiger partial charge in [0.15, 0.2) is 6.04 Å². The highest BCUT2D eigenvalue weighted by Gasteiger charge is 2.25. The fourth-order valence-electron chi connectivity index (χ4n) is 1.74. The molecule has 0 aliphatic rings. The molecule has 0 saturated heterocycles. The van der Waals surface area contributed by atoms with E-state index in [0.717, 1.165) is 11.1 Å². The van der Waals surface area contributed by atoms with Gasteiger partial charge in [-0.1, -0.05) is 29.8 Å². The Morgan fingerprint density at radius 2 is 1.78 bits per heavy atom. The second-order valence-electron chi connectivity index (χ2n) is 6.22. The third-order valence-electron chi connectivity index (χ3n) is 2.85. The molecule has 0 heterocycles. The number of carbonyl (C=O) groups excluding carboxylic acids is 2. The molecule has 6 heteroatoms. The molecule has 1 atom stereocenters. The number of rotatable bonds is 6. The number of carbonyl (C=O) groups is 2. The number of hydrogen-bond acceptors (Lipinski definition) is 5. The molecule has 0 spiro atoms. The minimum Gasteiger partial charge on any atom is -0.467 e. The largest absolute Gasteiger partial charge is 0.467 e. The van der Waals surface area contributed by atoms with Crippen LogP contribution in [-0.2, 0) is 25.6 Å². The minimum atomic E-state index is -0.916. The molecule has 1 aromatic rings. The molecule has 128 valence electrons. The van der Waals surface area contributed by atoms with Crippen molar-refractivity contribution in [1.29, 1.82) is 0 Å². The van der Waals surface area contributed by atoms with Crippen molar-refractivity contribution in [2.45, 2.75) is 45.9 Å². The van der Waals surface area contributed by atoms with Crippen molar-refractivity contribution in [2.75, 3.05) is 13.7 Å². The van der Waals surface area contributed by atoms with Crippen LogP contribution in [0.2, 0.25) is 0 Å². The zero-order valence-electron chi connectivity index (χ0n) is 14.3. The van der Waals surface area contributed by atoms with E-state index >= 15 is 0 Å². The quantitative estimate of drug-likeness (QED) is 0.815. The van der Waals surface area contributed by atoms with Crippen molar-refractivity contribution >= 4 is 12.1 Å². The van der Waals surface area contributed by atoms with Gasteiger partial charge >= 0.3 is 12.1 Å². The Morgan fingerprint density at radius 3 is 2.30 bits per heavy atom. The Bertz CT molecular complexity index is 519. The molecule has 0 bridgehead atoms. The third-order valence-corrected chi connectivity index (χ3v) is 2.85. The summed E-state index contributed by atoms with van der Waals surface area (Å²) in [6, 6.07) is 6.94. The summed E-state index contributed by atoms with van der Waals surface area (Å²) >= 11 is 0. The van der Waals surface area contributed by atoms with Gasteiger partial charge in [0.2, 0.25) is 0 Å². The van der Waals surface area contributed by atoms with Crippen LogP contribution >= 0.6 is 0 Å². The van der Waals surface area contributed by atoms with E-state index in [0.29, 0.717) is 6.61 Å². The fraction of sp³-hybridized carbons (Fsp3) is 0.529. The molecule has 0 radical (unpaired) electrons. The first-order chi connectivity index (χ1) is 10.7. The standard InChI is InChI=1S/C17H25NO5/c1-12-6-8-13(9-7-12)10-22-11-14(15(19)21-5)18-16(20)23-17(2,3)4/h6-9,14H,10-11H2,1-5H3,(H,18,20)/t14-/m0/s1. The van der Waals surface area contributed by atoms with Crippen molar-refractivity contribution in [3.8, 4) is 0 Å². The van der Waals surface area contributed by atoms with Gasteiger partial charge in [-0.25, -0.2) is 9.59 Å². The lowest BCUT2D eigenvalue weighted by atomic mass is 10.2. The smallest absolute Gasteiger partial charge is 0.408 e. The molecule has 1 rings (SSSR count). The average Bonchev–Trinajstić information content (AvgIpc) is 2.45. The van der Waals surface area contributed by atoms with Crippen LogP contribution in [0.3, 0.4) is 0 Å². The summed E-state index contributed by atoms with van der Waals surface area (Å²) in [5, 5.41) is 2.46.